The van der Waals surface area contributed by atoms with Crippen LogP contribution in [0.3, 0.4) is 0 Å². The zero-order valence-electron chi connectivity index (χ0n) is 17.1. The maximum Gasteiger partial charge on any atom is 0.293 e. The van der Waals surface area contributed by atoms with Gasteiger partial charge in [-0.1, -0.05) is 23.9 Å². The largest absolute Gasteiger partial charge is 0.454 e. The number of pyridine rings is 1. The lowest BCUT2D eigenvalue weighted by atomic mass is 10.2. The van der Waals surface area contributed by atoms with Crippen LogP contribution in [0.25, 0.3) is 11.7 Å². The maximum absolute atomic E-state index is 12.7. The van der Waals surface area contributed by atoms with Gasteiger partial charge in [-0.3, -0.25) is 23.7 Å². The molecule has 0 unspecified atom stereocenters. The zero-order chi connectivity index (χ0) is 22.8. The van der Waals surface area contributed by atoms with E-state index in [0.29, 0.717) is 27.2 Å². The van der Waals surface area contributed by atoms with Crippen LogP contribution in [-0.4, -0.2) is 62.2 Å². The molecule has 0 spiro atoms. The minimum absolute atomic E-state index is 0.0907. The lowest BCUT2D eigenvalue weighted by Crippen LogP contribution is -2.37. The van der Waals surface area contributed by atoms with Crippen LogP contribution in [0.2, 0.25) is 0 Å². The number of ether oxygens (including phenoxy) is 2. The number of benzene rings is 1. The van der Waals surface area contributed by atoms with Crippen molar-refractivity contribution >= 4 is 52.3 Å². The molecule has 4 heterocycles. The first-order valence-corrected chi connectivity index (χ1v) is 11.7. The minimum atomic E-state index is -0.388. The summed E-state index contributed by atoms with van der Waals surface area (Å²) in [5.74, 6) is 0.771. The van der Waals surface area contributed by atoms with Crippen molar-refractivity contribution in [1.29, 1.82) is 0 Å². The molecule has 1 saturated heterocycles. The normalized spacial score (nSPS) is 16.2. The number of aromatic nitrogens is 3. The van der Waals surface area contributed by atoms with Gasteiger partial charge in [0.15, 0.2) is 22.3 Å². The fraction of sp³-hybridized carbons (Fsp3) is 0.190. The van der Waals surface area contributed by atoms with Crippen LogP contribution >= 0.6 is 23.5 Å². The molecule has 1 aromatic carbocycles. The molecule has 2 aliphatic heterocycles. The summed E-state index contributed by atoms with van der Waals surface area (Å²) in [5.41, 5.74) is 1.43. The van der Waals surface area contributed by atoms with Gasteiger partial charge in [0.2, 0.25) is 12.7 Å². The van der Waals surface area contributed by atoms with Crippen molar-refractivity contribution in [1.82, 2.24) is 24.8 Å². The Labute approximate surface area is 196 Å². The molecule has 0 atom stereocenters. The van der Waals surface area contributed by atoms with E-state index >= 15 is 0 Å². The van der Waals surface area contributed by atoms with Crippen LogP contribution in [0.4, 0.5) is 4.79 Å². The minimum Gasteiger partial charge on any atom is -0.454 e. The number of amides is 3. The number of hydrogen-bond donors (Lipinski definition) is 1. The van der Waals surface area contributed by atoms with Crippen LogP contribution in [0.5, 0.6) is 11.5 Å². The van der Waals surface area contributed by atoms with Gasteiger partial charge in [0.25, 0.3) is 11.1 Å². The maximum atomic E-state index is 12.7. The van der Waals surface area contributed by atoms with Crippen LogP contribution in [0.15, 0.2) is 52.7 Å². The van der Waals surface area contributed by atoms with E-state index in [1.807, 2.05) is 24.4 Å². The number of rotatable bonds is 7. The molecule has 0 radical (unpaired) electrons. The highest BCUT2D eigenvalue weighted by Gasteiger charge is 2.34. The lowest BCUT2D eigenvalue weighted by Gasteiger charge is -2.12. The van der Waals surface area contributed by atoms with E-state index < -0.39 is 0 Å². The first-order valence-electron chi connectivity index (χ1n) is 9.93. The first-order chi connectivity index (χ1) is 16.1. The number of carbonyl (C=O) groups excluding carboxylic acids is 3. The van der Waals surface area contributed by atoms with E-state index in [2.05, 4.69) is 15.5 Å². The Hall–Kier alpha value is -3.51. The number of carbonyl (C=O) groups is 3. The third-order valence-corrected chi connectivity index (χ3v) is 6.69. The van der Waals surface area contributed by atoms with Gasteiger partial charge in [0.1, 0.15) is 0 Å². The molecule has 3 amide bonds. The van der Waals surface area contributed by atoms with Gasteiger partial charge < -0.3 is 14.8 Å². The van der Waals surface area contributed by atoms with Crippen molar-refractivity contribution in [3.05, 3.63) is 53.1 Å². The molecule has 2 aliphatic rings. The molecule has 5 rings (SSSR count). The summed E-state index contributed by atoms with van der Waals surface area (Å²) in [6.07, 6.45) is 3.47. The SMILES string of the molecule is O=C(CSc1nnc2ccccn12)NCCN1C(=O)S/C(=C\c2ccc3c(c2)OCO3)C1=O. The summed E-state index contributed by atoms with van der Waals surface area (Å²) in [6.45, 7) is 0.415. The molecule has 1 N–H and O–H groups in total. The van der Waals surface area contributed by atoms with Crippen molar-refractivity contribution in [3.63, 3.8) is 0 Å². The molecular formula is C21H17N5O5S2. The molecule has 12 heteroatoms. The molecular weight excluding hydrogens is 466 g/mol. The second-order valence-corrected chi connectivity index (χ2v) is 8.93. The van der Waals surface area contributed by atoms with Crippen molar-refractivity contribution in [3.8, 4) is 11.5 Å². The quantitative estimate of drug-likeness (QED) is 0.399. The van der Waals surface area contributed by atoms with E-state index in [1.54, 1.807) is 28.7 Å². The summed E-state index contributed by atoms with van der Waals surface area (Å²) >= 11 is 2.13. The highest BCUT2D eigenvalue weighted by atomic mass is 32.2. The van der Waals surface area contributed by atoms with Gasteiger partial charge in [-0.15, -0.1) is 10.2 Å². The average Bonchev–Trinajstić information content (AvgIpc) is 3.51. The molecule has 168 valence electrons. The zero-order valence-corrected chi connectivity index (χ0v) is 18.7. The van der Waals surface area contributed by atoms with E-state index in [0.717, 1.165) is 22.2 Å². The summed E-state index contributed by atoms with van der Waals surface area (Å²) in [6, 6.07) is 10.9. The van der Waals surface area contributed by atoms with Crippen LogP contribution in [-0.2, 0) is 9.59 Å². The third kappa shape index (κ3) is 4.52. The van der Waals surface area contributed by atoms with Gasteiger partial charge in [0.05, 0.1) is 10.7 Å². The third-order valence-electron chi connectivity index (χ3n) is 4.84. The summed E-state index contributed by atoms with van der Waals surface area (Å²) in [7, 11) is 0. The summed E-state index contributed by atoms with van der Waals surface area (Å²) in [5, 5.41) is 11.1. The molecule has 0 saturated carbocycles. The predicted octanol–water partition coefficient (Wildman–Crippen LogP) is 2.40. The fourth-order valence-electron chi connectivity index (χ4n) is 3.25. The smallest absolute Gasteiger partial charge is 0.293 e. The predicted molar refractivity (Wildman–Crippen MR) is 122 cm³/mol. The van der Waals surface area contributed by atoms with Gasteiger partial charge >= 0.3 is 0 Å². The number of thioether (sulfide) groups is 2. The molecule has 3 aromatic rings. The second kappa shape index (κ2) is 9.16. The highest BCUT2D eigenvalue weighted by Crippen LogP contribution is 2.36. The lowest BCUT2D eigenvalue weighted by molar-refractivity contribution is -0.123. The molecule has 0 bridgehead atoms. The van der Waals surface area contributed by atoms with Gasteiger partial charge in [-0.2, -0.15) is 0 Å². The van der Waals surface area contributed by atoms with E-state index in [-0.39, 0.29) is 42.7 Å². The molecule has 10 nitrogen and oxygen atoms in total. The van der Waals surface area contributed by atoms with Crippen LogP contribution in [0.1, 0.15) is 5.56 Å². The topological polar surface area (TPSA) is 115 Å². The number of fused-ring (bicyclic) bond motifs is 2. The van der Waals surface area contributed by atoms with Gasteiger partial charge in [-0.25, -0.2) is 0 Å². The van der Waals surface area contributed by atoms with E-state index in [9.17, 15) is 14.4 Å². The van der Waals surface area contributed by atoms with Crippen LogP contribution < -0.4 is 14.8 Å². The van der Waals surface area contributed by atoms with Crippen molar-refractivity contribution < 1.29 is 23.9 Å². The highest BCUT2D eigenvalue weighted by molar-refractivity contribution is 8.18. The van der Waals surface area contributed by atoms with Gasteiger partial charge in [-0.05, 0) is 47.7 Å². The second-order valence-electron chi connectivity index (χ2n) is 7.00. The Morgan fingerprint density at radius 3 is 2.97 bits per heavy atom. The van der Waals surface area contributed by atoms with Crippen molar-refractivity contribution in [2.24, 2.45) is 0 Å². The summed E-state index contributed by atoms with van der Waals surface area (Å²) < 4.78 is 12.4. The number of imide groups is 1. The standard InChI is InChI=1S/C21H17N5O5S2/c27-18(11-32-20-24-23-17-3-1-2-7-25(17)20)22-6-8-26-19(28)16(33-21(26)29)10-13-4-5-14-15(9-13)31-12-30-14/h1-5,7,9-10H,6,8,11-12H2,(H,22,27)/b16-10-. The van der Waals surface area contributed by atoms with Gasteiger partial charge in [0, 0.05) is 19.3 Å². The Morgan fingerprint density at radius 2 is 2.06 bits per heavy atom. The number of hydrogen-bond acceptors (Lipinski definition) is 9. The summed E-state index contributed by atoms with van der Waals surface area (Å²) in [4.78, 5) is 38.6. The van der Waals surface area contributed by atoms with E-state index in [1.165, 1.54) is 11.8 Å². The monoisotopic (exact) mass is 483 g/mol. The van der Waals surface area contributed by atoms with Crippen LogP contribution in [0, 0.1) is 0 Å². The molecule has 0 aliphatic carbocycles. The van der Waals surface area contributed by atoms with Crippen molar-refractivity contribution in [2.45, 2.75) is 5.16 Å². The molecule has 2 aromatic heterocycles. The Balaban J connectivity index is 1.13. The average molecular weight is 484 g/mol. The van der Waals surface area contributed by atoms with E-state index in [4.69, 9.17) is 9.47 Å². The number of nitrogens with zero attached hydrogens (tertiary/aromatic N) is 4. The molecule has 1 fully saturated rings. The Morgan fingerprint density at radius 1 is 1.18 bits per heavy atom. The van der Waals surface area contributed by atoms with Crippen molar-refractivity contribution in [2.75, 3.05) is 25.6 Å². The molecule has 33 heavy (non-hydrogen) atoms. The first kappa shape index (κ1) is 21.3. The Bertz CT molecular complexity index is 1290. The Kier molecular flexibility index (Phi) is 5.92. The number of nitrogens with one attached hydrogen (secondary N) is 1. The fourth-order valence-corrected chi connectivity index (χ4v) is 4.87.